The zero-order valence-electron chi connectivity index (χ0n) is 14.5. The zero-order valence-corrected chi connectivity index (χ0v) is 16.1. The molecule has 1 aliphatic carbocycles. The van der Waals surface area contributed by atoms with Crippen molar-refractivity contribution in [2.24, 2.45) is 0 Å². The molecule has 1 aliphatic heterocycles. The van der Waals surface area contributed by atoms with Crippen LogP contribution in [0.3, 0.4) is 0 Å². The Labute approximate surface area is 164 Å². The van der Waals surface area contributed by atoms with Gasteiger partial charge in [-0.2, -0.15) is 5.10 Å². The number of aromatic nitrogens is 2. The van der Waals surface area contributed by atoms with E-state index in [0.717, 1.165) is 28.4 Å². The molecule has 3 aromatic rings. The Balaban J connectivity index is 1.35. The van der Waals surface area contributed by atoms with Crippen molar-refractivity contribution in [2.45, 2.75) is 18.3 Å². The van der Waals surface area contributed by atoms with Gasteiger partial charge in [0.15, 0.2) is 5.82 Å². The molecule has 3 heterocycles. The molecule has 1 N–H and O–H groups in total. The van der Waals surface area contributed by atoms with Gasteiger partial charge in [-0.25, -0.2) is 4.52 Å². The summed E-state index contributed by atoms with van der Waals surface area (Å²) < 4.78 is 2.69. The first-order valence-electron chi connectivity index (χ1n) is 8.88. The predicted molar refractivity (Wildman–Crippen MR) is 105 cm³/mol. The molecule has 5 rings (SSSR count). The number of nitrogens with zero attached hydrogens (tertiary/aromatic N) is 3. The van der Waals surface area contributed by atoms with Crippen LogP contribution >= 0.6 is 15.9 Å². The van der Waals surface area contributed by atoms with Crippen molar-refractivity contribution in [2.75, 3.05) is 18.4 Å². The van der Waals surface area contributed by atoms with Gasteiger partial charge in [0.1, 0.15) is 6.54 Å². The van der Waals surface area contributed by atoms with Crippen LogP contribution in [0.25, 0.3) is 5.52 Å². The smallest absolute Gasteiger partial charge is 0.254 e. The first-order chi connectivity index (χ1) is 13.0. The van der Waals surface area contributed by atoms with Crippen molar-refractivity contribution < 1.29 is 9.59 Å². The Hall–Kier alpha value is -2.67. The quantitative estimate of drug-likeness (QED) is 0.701. The lowest BCUT2D eigenvalue weighted by molar-refractivity contribution is -0.117. The Kier molecular flexibility index (Phi) is 3.62. The van der Waals surface area contributed by atoms with Crippen LogP contribution in [0.15, 0.2) is 53.1 Å². The summed E-state index contributed by atoms with van der Waals surface area (Å²) >= 11 is 3.50. The van der Waals surface area contributed by atoms with E-state index in [4.69, 9.17) is 0 Å². The highest BCUT2D eigenvalue weighted by molar-refractivity contribution is 9.10. The molecule has 0 atom stereocenters. The Morgan fingerprint density at radius 3 is 2.85 bits per heavy atom. The van der Waals surface area contributed by atoms with Crippen molar-refractivity contribution in [3.05, 3.63) is 64.3 Å². The van der Waals surface area contributed by atoms with Crippen LogP contribution < -0.4 is 5.32 Å². The molecule has 27 heavy (non-hydrogen) atoms. The third kappa shape index (κ3) is 2.82. The normalized spacial score (nSPS) is 17.2. The molecule has 2 aromatic heterocycles. The fourth-order valence-corrected chi connectivity index (χ4v) is 4.26. The van der Waals surface area contributed by atoms with E-state index >= 15 is 0 Å². The molecule has 6 nitrogen and oxygen atoms in total. The molecular weight excluding hydrogens is 408 g/mol. The molecule has 136 valence electrons. The molecule has 1 saturated carbocycles. The zero-order chi connectivity index (χ0) is 18.6. The van der Waals surface area contributed by atoms with E-state index in [1.807, 2.05) is 48.7 Å². The van der Waals surface area contributed by atoms with E-state index < -0.39 is 0 Å². The third-order valence-corrected chi connectivity index (χ3v) is 5.88. The summed E-state index contributed by atoms with van der Waals surface area (Å²) in [5.74, 6) is 0.171. The average Bonchev–Trinajstić information content (AvgIpc) is 3.30. The number of fused-ring (bicyclic) bond motifs is 3. The van der Waals surface area contributed by atoms with Crippen LogP contribution in [0.2, 0.25) is 0 Å². The van der Waals surface area contributed by atoms with Gasteiger partial charge in [0.2, 0.25) is 5.91 Å². The number of rotatable bonds is 3. The fourth-order valence-electron chi connectivity index (χ4n) is 3.90. The van der Waals surface area contributed by atoms with Gasteiger partial charge in [-0.3, -0.25) is 9.59 Å². The van der Waals surface area contributed by atoms with E-state index in [0.29, 0.717) is 17.9 Å². The summed E-state index contributed by atoms with van der Waals surface area (Å²) in [6.45, 7) is 0.623. The number of anilines is 1. The van der Waals surface area contributed by atoms with E-state index in [2.05, 4.69) is 26.3 Å². The number of amides is 2. The van der Waals surface area contributed by atoms with Gasteiger partial charge in [-0.05, 0) is 48.7 Å². The molecule has 0 saturated heterocycles. The minimum Gasteiger partial charge on any atom is -0.328 e. The van der Waals surface area contributed by atoms with E-state index in [1.54, 1.807) is 9.42 Å². The van der Waals surface area contributed by atoms with Crippen molar-refractivity contribution in [1.29, 1.82) is 0 Å². The fraction of sp³-hybridized carbons (Fsp3) is 0.250. The van der Waals surface area contributed by atoms with E-state index in [-0.39, 0.29) is 23.8 Å². The highest BCUT2D eigenvalue weighted by atomic mass is 79.9. The summed E-state index contributed by atoms with van der Waals surface area (Å²) in [5, 5.41) is 7.14. The molecular formula is C20H17BrN4O2. The predicted octanol–water partition coefficient (Wildman–Crippen LogP) is 3.22. The number of hydrogen-bond donors (Lipinski definition) is 1. The summed E-state index contributed by atoms with van der Waals surface area (Å²) in [5.41, 5.74) is 2.73. The lowest BCUT2D eigenvalue weighted by atomic mass is 9.86. The van der Waals surface area contributed by atoms with Crippen LogP contribution in [-0.4, -0.2) is 39.4 Å². The van der Waals surface area contributed by atoms with Gasteiger partial charge in [0.25, 0.3) is 5.91 Å². The highest BCUT2D eigenvalue weighted by Gasteiger charge is 2.51. The SMILES string of the molecule is O=C(CN1CC2(CC2)c2cc(Br)ccc2C1=O)Nc1cc2ccccn2n1. The van der Waals surface area contributed by atoms with Gasteiger partial charge in [-0.15, -0.1) is 0 Å². The Bertz CT molecular complexity index is 1050. The second kappa shape index (κ2) is 5.92. The van der Waals surface area contributed by atoms with Crippen LogP contribution in [0.5, 0.6) is 0 Å². The standard InChI is InChI=1S/C20H17BrN4O2/c21-13-4-5-15-16(9-13)20(6-7-20)12-24(19(15)27)11-18(26)22-17-10-14-3-1-2-8-25(14)23-17/h1-5,8-10H,6-7,11-12H2,(H,22,23,26). The minimum atomic E-state index is -0.233. The largest absolute Gasteiger partial charge is 0.328 e. The Morgan fingerprint density at radius 2 is 2.07 bits per heavy atom. The maximum atomic E-state index is 12.9. The lowest BCUT2D eigenvalue weighted by Gasteiger charge is -2.34. The van der Waals surface area contributed by atoms with Crippen molar-refractivity contribution >= 4 is 39.1 Å². The molecule has 1 aromatic carbocycles. The number of benzene rings is 1. The van der Waals surface area contributed by atoms with Crippen molar-refractivity contribution in [3.63, 3.8) is 0 Å². The molecule has 0 radical (unpaired) electrons. The maximum Gasteiger partial charge on any atom is 0.254 e. The number of hydrogen-bond acceptors (Lipinski definition) is 3. The van der Waals surface area contributed by atoms with Gasteiger partial charge in [0, 0.05) is 34.3 Å². The first-order valence-corrected chi connectivity index (χ1v) is 9.67. The second-order valence-corrected chi connectivity index (χ2v) is 8.19. The number of halogens is 1. The average molecular weight is 425 g/mol. The molecule has 1 fully saturated rings. The minimum absolute atomic E-state index is 0.0103. The molecule has 0 unspecified atom stereocenters. The van der Waals surface area contributed by atoms with Gasteiger partial charge >= 0.3 is 0 Å². The first kappa shape index (κ1) is 16.5. The molecule has 7 heteroatoms. The summed E-state index contributed by atoms with van der Waals surface area (Å²) in [6.07, 6.45) is 3.92. The van der Waals surface area contributed by atoms with Crippen molar-refractivity contribution in [3.8, 4) is 0 Å². The highest BCUT2D eigenvalue weighted by Crippen LogP contribution is 2.52. The van der Waals surface area contributed by atoms with Gasteiger partial charge < -0.3 is 10.2 Å². The Morgan fingerprint density at radius 1 is 1.22 bits per heavy atom. The topological polar surface area (TPSA) is 66.7 Å². The van der Waals surface area contributed by atoms with Gasteiger partial charge in [0.05, 0.1) is 5.52 Å². The monoisotopic (exact) mass is 424 g/mol. The summed E-state index contributed by atoms with van der Waals surface area (Å²) in [4.78, 5) is 27.1. The second-order valence-electron chi connectivity index (χ2n) is 7.28. The van der Waals surface area contributed by atoms with Crippen LogP contribution in [0.4, 0.5) is 5.82 Å². The third-order valence-electron chi connectivity index (χ3n) is 5.39. The van der Waals surface area contributed by atoms with E-state index in [9.17, 15) is 9.59 Å². The van der Waals surface area contributed by atoms with Gasteiger partial charge in [-0.1, -0.05) is 22.0 Å². The van der Waals surface area contributed by atoms with Crippen molar-refractivity contribution in [1.82, 2.24) is 14.5 Å². The van der Waals surface area contributed by atoms with Crippen LogP contribution in [0, 0.1) is 0 Å². The molecule has 1 spiro atoms. The molecule has 0 bridgehead atoms. The summed E-state index contributed by atoms with van der Waals surface area (Å²) in [6, 6.07) is 13.3. The summed E-state index contributed by atoms with van der Waals surface area (Å²) in [7, 11) is 0. The molecule has 2 amide bonds. The maximum absolute atomic E-state index is 12.9. The molecule has 2 aliphatic rings. The number of nitrogens with one attached hydrogen (secondary N) is 1. The number of carbonyl (C=O) groups is 2. The lowest BCUT2D eigenvalue weighted by Crippen LogP contribution is -2.46. The van der Waals surface area contributed by atoms with E-state index in [1.165, 1.54) is 0 Å². The number of carbonyl (C=O) groups excluding carboxylic acids is 2. The number of pyridine rings is 1. The van der Waals surface area contributed by atoms with Crippen LogP contribution in [0.1, 0.15) is 28.8 Å². The van der Waals surface area contributed by atoms with Crippen LogP contribution in [-0.2, 0) is 10.2 Å².